The van der Waals surface area contributed by atoms with E-state index in [-0.39, 0.29) is 11.7 Å². The molecule has 0 aliphatic carbocycles. The van der Waals surface area contributed by atoms with Crippen molar-refractivity contribution in [3.05, 3.63) is 46.0 Å². The number of hydrogen-bond acceptors (Lipinski definition) is 5. The summed E-state index contributed by atoms with van der Waals surface area (Å²) in [6.07, 6.45) is 9.38. The van der Waals surface area contributed by atoms with Gasteiger partial charge in [-0.1, -0.05) is 64.5 Å². The molecule has 0 aliphatic heterocycles. The van der Waals surface area contributed by atoms with Crippen molar-refractivity contribution < 1.29 is 24.1 Å². The van der Waals surface area contributed by atoms with Gasteiger partial charge >= 0.3 is 5.97 Å². The number of esters is 1. The van der Waals surface area contributed by atoms with Crippen LogP contribution in [-0.2, 0) is 4.79 Å². The van der Waals surface area contributed by atoms with Crippen LogP contribution < -0.4 is 14.2 Å². The van der Waals surface area contributed by atoms with Gasteiger partial charge in [-0.15, -0.1) is 0 Å². The van der Waals surface area contributed by atoms with Crippen molar-refractivity contribution in [1.29, 1.82) is 0 Å². The highest BCUT2D eigenvalue weighted by molar-refractivity contribution is 14.1. The van der Waals surface area contributed by atoms with Gasteiger partial charge in [-0.05, 0) is 65.8 Å². The van der Waals surface area contributed by atoms with Crippen LogP contribution in [-0.4, -0.2) is 24.3 Å². The van der Waals surface area contributed by atoms with Crippen molar-refractivity contribution in [3.8, 4) is 23.0 Å². The van der Waals surface area contributed by atoms with E-state index in [2.05, 4.69) is 36.4 Å². The Labute approximate surface area is 206 Å². The number of carbonyl (C=O) groups excluding carboxylic acids is 1. The van der Waals surface area contributed by atoms with Crippen LogP contribution in [0.25, 0.3) is 0 Å². The van der Waals surface area contributed by atoms with Gasteiger partial charge in [0.05, 0.1) is 13.2 Å². The highest BCUT2D eigenvalue weighted by Crippen LogP contribution is 2.28. The molecule has 2 rings (SSSR count). The lowest BCUT2D eigenvalue weighted by Crippen LogP contribution is -2.04. The minimum Gasteiger partial charge on any atom is -0.504 e. The fourth-order valence-electron chi connectivity index (χ4n) is 2.84. The molecule has 0 aromatic heterocycles. The van der Waals surface area contributed by atoms with Crippen LogP contribution in [0.1, 0.15) is 72.1 Å². The van der Waals surface area contributed by atoms with Gasteiger partial charge in [0, 0.05) is 10.5 Å². The van der Waals surface area contributed by atoms with E-state index in [9.17, 15) is 9.90 Å². The van der Waals surface area contributed by atoms with Gasteiger partial charge in [-0.25, -0.2) is 0 Å². The Morgan fingerprint density at radius 1 is 0.812 bits per heavy atom. The largest absolute Gasteiger partial charge is 0.504 e. The summed E-state index contributed by atoms with van der Waals surface area (Å²) in [6, 6.07) is 12.7. The Balaban J connectivity index is 0.000000323. The van der Waals surface area contributed by atoms with Gasteiger partial charge in [0.2, 0.25) is 0 Å². The molecule has 2 aromatic rings. The zero-order valence-corrected chi connectivity index (χ0v) is 21.7. The second-order valence-electron chi connectivity index (χ2n) is 7.47. The fourth-order valence-corrected chi connectivity index (χ4v) is 3.32. The normalized spacial score (nSPS) is 10.1. The van der Waals surface area contributed by atoms with Crippen LogP contribution in [0, 0.1) is 3.57 Å². The lowest BCUT2D eigenvalue weighted by molar-refractivity contribution is -0.132. The Kier molecular flexibility index (Phi) is 15.4. The molecule has 0 bridgehead atoms. The predicted octanol–water partition coefficient (Wildman–Crippen LogP) is 7.53. The molecule has 178 valence electrons. The number of unbranched alkanes of at least 4 members (excludes halogenated alkanes) is 6. The first kappa shape index (κ1) is 28.1. The summed E-state index contributed by atoms with van der Waals surface area (Å²) in [5.41, 5.74) is 0. The van der Waals surface area contributed by atoms with Gasteiger partial charge in [-0.2, -0.15) is 0 Å². The maximum absolute atomic E-state index is 10.9. The smallest absolute Gasteiger partial charge is 0.308 e. The molecule has 0 radical (unpaired) electrons. The number of halogens is 1. The Morgan fingerprint density at radius 2 is 1.38 bits per heavy atom. The second-order valence-corrected chi connectivity index (χ2v) is 8.72. The SMILES string of the molecule is CCCCCCOc1ccc(I)cc1O.CCCCCCOc1ccccc1OC(C)=O. The number of rotatable bonds is 13. The summed E-state index contributed by atoms with van der Waals surface area (Å²) in [7, 11) is 0. The van der Waals surface area contributed by atoms with E-state index < -0.39 is 0 Å². The molecule has 32 heavy (non-hydrogen) atoms. The number of benzene rings is 2. The number of carbonyl (C=O) groups is 1. The summed E-state index contributed by atoms with van der Waals surface area (Å²) in [6.45, 7) is 7.10. The van der Waals surface area contributed by atoms with E-state index in [0.29, 0.717) is 30.5 Å². The number of ether oxygens (including phenoxy) is 3. The molecular weight excluding hydrogens is 519 g/mol. The van der Waals surface area contributed by atoms with E-state index in [1.165, 1.54) is 45.4 Å². The lowest BCUT2D eigenvalue weighted by atomic mass is 10.2. The van der Waals surface area contributed by atoms with E-state index in [0.717, 1.165) is 16.4 Å². The first-order chi connectivity index (χ1) is 15.5. The molecule has 0 aliphatic rings. The Hall–Kier alpha value is -1.96. The minimum atomic E-state index is -0.327. The Bertz CT molecular complexity index is 779. The molecular formula is C26H37IO5. The van der Waals surface area contributed by atoms with Gasteiger partial charge in [0.25, 0.3) is 0 Å². The molecule has 0 fully saturated rings. The van der Waals surface area contributed by atoms with Crippen LogP contribution in [0.2, 0.25) is 0 Å². The molecule has 0 spiro atoms. The monoisotopic (exact) mass is 556 g/mol. The van der Waals surface area contributed by atoms with Crippen LogP contribution in [0.15, 0.2) is 42.5 Å². The van der Waals surface area contributed by atoms with Crippen molar-refractivity contribution in [1.82, 2.24) is 0 Å². The van der Waals surface area contributed by atoms with Crippen LogP contribution in [0.3, 0.4) is 0 Å². The highest BCUT2D eigenvalue weighted by atomic mass is 127. The number of hydrogen-bond donors (Lipinski definition) is 1. The molecule has 5 nitrogen and oxygen atoms in total. The van der Waals surface area contributed by atoms with Crippen LogP contribution in [0.5, 0.6) is 23.0 Å². The molecule has 0 atom stereocenters. The standard InChI is InChI=1S/C14H20O3.C12H17IO2/c1-3-4-5-8-11-16-13-9-6-7-10-14(13)17-12(2)15;1-2-3-4-5-8-15-12-7-6-10(13)9-11(12)14/h6-7,9-10H,3-5,8,11H2,1-2H3;6-7,9,14H,2-5,8H2,1H3. The van der Waals surface area contributed by atoms with Crippen molar-refractivity contribution in [2.45, 2.75) is 72.1 Å². The van der Waals surface area contributed by atoms with E-state index in [1.807, 2.05) is 30.3 Å². The Morgan fingerprint density at radius 3 is 1.91 bits per heavy atom. The second kappa shape index (κ2) is 17.6. The molecule has 0 unspecified atom stereocenters. The fraction of sp³-hybridized carbons (Fsp3) is 0.500. The molecule has 0 saturated heterocycles. The summed E-state index contributed by atoms with van der Waals surface area (Å²) in [5, 5.41) is 9.56. The summed E-state index contributed by atoms with van der Waals surface area (Å²) in [4.78, 5) is 10.9. The maximum atomic E-state index is 10.9. The van der Waals surface area contributed by atoms with E-state index in [4.69, 9.17) is 14.2 Å². The van der Waals surface area contributed by atoms with Crippen LogP contribution in [0.4, 0.5) is 0 Å². The summed E-state index contributed by atoms with van der Waals surface area (Å²) in [5.74, 6) is 1.63. The third-order valence-electron chi connectivity index (χ3n) is 4.53. The predicted molar refractivity (Wildman–Crippen MR) is 138 cm³/mol. The first-order valence-corrected chi connectivity index (χ1v) is 12.6. The average molecular weight is 556 g/mol. The van der Waals surface area contributed by atoms with Crippen molar-refractivity contribution in [3.63, 3.8) is 0 Å². The molecule has 0 amide bonds. The molecule has 2 aromatic carbocycles. The molecule has 0 saturated carbocycles. The van der Waals surface area contributed by atoms with E-state index in [1.54, 1.807) is 12.1 Å². The van der Waals surface area contributed by atoms with Crippen molar-refractivity contribution in [2.24, 2.45) is 0 Å². The average Bonchev–Trinajstić information content (AvgIpc) is 2.76. The van der Waals surface area contributed by atoms with Crippen molar-refractivity contribution >= 4 is 28.6 Å². The maximum Gasteiger partial charge on any atom is 0.308 e. The molecule has 0 heterocycles. The summed E-state index contributed by atoms with van der Waals surface area (Å²) < 4.78 is 17.2. The molecule has 1 N–H and O–H groups in total. The van der Waals surface area contributed by atoms with Crippen LogP contribution >= 0.6 is 22.6 Å². The topological polar surface area (TPSA) is 65.0 Å². The van der Waals surface area contributed by atoms with Gasteiger partial charge in [-0.3, -0.25) is 4.79 Å². The highest BCUT2D eigenvalue weighted by Gasteiger charge is 2.06. The van der Waals surface area contributed by atoms with Crippen molar-refractivity contribution in [2.75, 3.05) is 13.2 Å². The van der Waals surface area contributed by atoms with Gasteiger partial charge in [0.15, 0.2) is 23.0 Å². The third kappa shape index (κ3) is 12.8. The quantitative estimate of drug-likeness (QED) is 0.120. The minimum absolute atomic E-state index is 0.234. The number of phenolic OH excluding ortho intramolecular Hbond substituents is 1. The first-order valence-electron chi connectivity index (χ1n) is 11.5. The number of aromatic hydroxyl groups is 1. The molecule has 6 heteroatoms. The zero-order chi connectivity index (χ0) is 23.6. The van der Waals surface area contributed by atoms with Gasteiger partial charge in [0.1, 0.15) is 0 Å². The summed E-state index contributed by atoms with van der Waals surface area (Å²) >= 11 is 2.16. The van der Waals surface area contributed by atoms with E-state index >= 15 is 0 Å². The number of para-hydroxylation sites is 2. The van der Waals surface area contributed by atoms with Gasteiger partial charge < -0.3 is 19.3 Å². The zero-order valence-electron chi connectivity index (χ0n) is 19.6. The number of phenols is 1. The lowest BCUT2D eigenvalue weighted by Gasteiger charge is -2.10. The third-order valence-corrected chi connectivity index (χ3v) is 5.21.